The first kappa shape index (κ1) is 25.2. The molecule has 4 heteroatoms. The molecular weight excluding hydrogens is 368 g/mol. The monoisotopic (exact) mass is 406 g/mol. The molecular formula is C26H38N4. The molecule has 0 unspecified atom stereocenters. The second kappa shape index (κ2) is 12.0. The van der Waals surface area contributed by atoms with Gasteiger partial charge in [0.2, 0.25) is 0 Å². The average Bonchev–Trinajstić information content (AvgIpc) is 2.77. The lowest BCUT2D eigenvalue weighted by atomic mass is 9.86. The Balaban J connectivity index is 0.00000106. The first-order chi connectivity index (χ1) is 14.4. The number of hydrogen-bond acceptors (Lipinski definition) is 4. The van der Waals surface area contributed by atoms with E-state index in [4.69, 9.17) is 16.6 Å². The maximum atomic E-state index is 7.50. The summed E-state index contributed by atoms with van der Waals surface area (Å²) in [5.74, 6) is 0. The number of nitrogens with zero attached hydrogens (tertiary/aromatic N) is 1. The highest BCUT2D eigenvalue weighted by atomic mass is 15.1. The predicted molar refractivity (Wildman–Crippen MR) is 133 cm³/mol. The van der Waals surface area contributed by atoms with E-state index in [9.17, 15) is 0 Å². The minimum Gasteiger partial charge on any atom is -0.404 e. The molecule has 0 saturated heterocycles. The van der Waals surface area contributed by atoms with Crippen LogP contribution in [0.15, 0.2) is 48.7 Å². The number of aryl methyl sites for hydroxylation is 1. The normalized spacial score (nSPS) is 13.2. The molecule has 0 bridgehead atoms. The van der Waals surface area contributed by atoms with E-state index in [0.717, 1.165) is 37.1 Å². The highest BCUT2D eigenvalue weighted by Crippen LogP contribution is 2.31. The quantitative estimate of drug-likeness (QED) is 0.530. The van der Waals surface area contributed by atoms with Crippen molar-refractivity contribution in [3.05, 3.63) is 70.9 Å². The first-order valence-corrected chi connectivity index (χ1v) is 10.7. The molecule has 0 spiro atoms. The molecule has 0 radical (unpaired) electrons. The summed E-state index contributed by atoms with van der Waals surface area (Å²) in [6.07, 6.45) is 5.06. The zero-order valence-electron chi connectivity index (χ0n) is 19.3. The van der Waals surface area contributed by atoms with Gasteiger partial charge in [-0.1, -0.05) is 65.0 Å². The van der Waals surface area contributed by atoms with Crippen LogP contribution >= 0.6 is 0 Å². The van der Waals surface area contributed by atoms with Crippen molar-refractivity contribution in [1.82, 2.24) is 0 Å². The lowest BCUT2D eigenvalue weighted by Crippen LogP contribution is -2.29. The fourth-order valence-electron chi connectivity index (χ4n) is 3.58. The first-order valence-electron chi connectivity index (χ1n) is 10.7. The molecule has 0 aliphatic carbocycles. The van der Waals surface area contributed by atoms with Crippen LogP contribution in [-0.4, -0.2) is 19.5 Å². The number of allylic oxidation sites excluding steroid dienone is 1. The van der Waals surface area contributed by atoms with Crippen LogP contribution in [-0.2, 0) is 18.4 Å². The fourth-order valence-corrected chi connectivity index (χ4v) is 3.58. The van der Waals surface area contributed by atoms with Crippen molar-refractivity contribution in [3.63, 3.8) is 0 Å². The largest absolute Gasteiger partial charge is 0.404 e. The van der Waals surface area contributed by atoms with Crippen LogP contribution in [0.3, 0.4) is 0 Å². The minimum atomic E-state index is 0.190. The Morgan fingerprint density at radius 2 is 1.73 bits per heavy atom. The van der Waals surface area contributed by atoms with E-state index in [1.165, 1.54) is 34.8 Å². The summed E-state index contributed by atoms with van der Waals surface area (Å²) in [5, 5.41) is 13.0. The van der Waals surface area contributed by atoms with E-state index in [1.807, 2.05) is 13.8 Å². The Morgan fingerprint density at radius 3 is 2.27 bits per heavy atom. The van der Waals surface area contributed by atoms with Crippen molar-refractivity contribution in [2.75, 3.05) is 11.4 Å². The van der Waals surface area contributed by atoms with Crippen molar-refractivity contribution in [2.24, 2.45) is 5.73 Å². The Bertz CT molecular complexity index is 829. The Labute approximate surface area is 182 Å². The average molecular weight is 407 g/mol. The van der Waals surface area contributed by atoms with Crippen LogP contribution in [0.4, 0.5) is 5.69 Å². The summed E-state index contributed by atoms with van der Waals surface area (Å²) >= 11 is 0. The van der Waals surface area contributed by atoms with Gasteiger partial charge < -0.3 is 21.5 Å². The third kappa shape index (κ3) is 6.31. The second-order valence-corrected chi connectivity index (χ2v) is 8.08. The van der Waals surface area contributed by atoms with Crippen LogP contribution in [0.25, 0.3) is 5.57 Å². The summed E-state index contributed by atoms with van der Waals surface area (Å²) < 4.78 is 0. The number of fused-ring (bicyclic) bond motifs is 1. The van der Waals surface area contributed by atoms with Crippen LogP contribution < -0.4 is 10.6 Å². The molecule has 1 aliphatic rings. The fraction of sp³-hybridized carbons (Fsp3) is 0.385. The molecule has 1 heterocycles. The van der Waals surface area contributed by atoms with Crippen molar-refractivity contribution in [2.45, 2.75) is 59.4 Å². The number of nitrogens with one attached hydrogen (secondary N) is 2. The smallest absolute Gasteiger partial charge is 0.0429 e. The molecule has 3 rings (SSSR count). The maximum absolute atomic E-state index is 7.50. The summed E-state index contributed by atoms with van der Waals surface area (Å²) in [4.78, 5) is 2.46. The Kier molecular flexibility index (Phi) is 10.0. The van der Waals surface area contributed by atoms with Crippen LogP contribution in [0, 0.1) is 10.8 Å². The molecule has 2 aromatic carbocycles. The molecule has 4 nitrogen and oxygen atoms in total. The van der Waals surface area contributed by atoms with Crippen LogP contribution in [0.2, 0.25) is 0 Å². The van der Waals surface area contributed by atoms with Gasteiger partial charge in [0.1, 0.15) is 0 Å². The third-order valence-corrected chi connectivity index (χ3v) is 5.16. The van der Waals surface area contributed by atoms with Gasteiger partial charge >= 0.3 is 0 Å². The molecule has 2 aromatic rings. The topological polar surface area (TPSA) is 77.0 Å². The van der Waals surface area contributed by atoms with Crippen molar-refractivity contribution >= 4 is 24.2 Å². The number of anilines is 1. The number of nitrogens with two attached hydrogens (primary N) is 1. The SMILES string of the molecule is C=N.CC.CC(C)(C)c1ccc(CN2CCCc3cc(/C(C=N)=C/N)ccc32)cc1. The highest BCUT2D eigenvalue weighted by molar-refractivity contribution is 6.08. The second-order valence-electron chi connectivity index (χ2n) is 8.08. The van der Waals surface area contributed by atoms with Crippen LogP contribution in [0.1, 0.15) is 63.3 Å². The molecule has 0 aromatic heterocycles. The molecule has 4 N–H and O–H groups in total. The van der Waals surface area contributed by atoms with E-state index in [0.29, 0.717) is 0 Å². The molecule has 0 atom stereocenters. The van der Waals surface area contributed by atoms with Crippen molar-refractivity contribution < 1.29 is 0 Å². The zero-order chi connectivity index (χ0) is 22.7. The lowest BCUT2D eigenvalue weighted by Gasteiger charge is -2.32. The Morgan fingerprint density at radius 1 is 1.10 bits per heavy atom. The van der Waals surface area contributed by atoms with E-state index in [2.05, 4.69) is 74.9 Å². The molecule has 162 valence electrons. The summed E-state index contributed by atoms with van der Waals surface area (Å²) in [6.45, 7) is 15.3. The number of rotatable bonds is 4. The zero-order valence-corrected chi connectivity index (χ0v) is 19.3. The predicted octanol–water partition coefficient (Wildman–Crippen LogP) is 6.18. The van der Waals surface area contributed by atoms with Gasteiger partial charge in [-0.2, -0.15) is 0 Å². The third-order valence-electron chi connectivity index (χ3n) is 5.16. The minimum absolute atomic E-state index is 0.190. The molecule has 0 fully saturated rings. The number of benzene rings is 2. The standard InChI is InChI=1S/C23H29N3.C2H6.CH3N/c1-23(2,3)21-9-6-17(7-10-21)16-26-12-4-5-19-13-18(8-11-22(19)26)20(14-24)15-25;2*1-2/h6-11,13-15,24H,4-5,12,16,25H2,1-3H3;1-2H3;2H,1H2/b20-15+,24-14?;;. The van der Waals surface area contributed by atoms with Crippen LogP contribution in [0.5, 0.6) is 0 Å². The summed E-state index contributed by atoms with van der Waals surface area (Å²) in [7, 11) is 0. The molecule has 0 saturated carbocycles. The number of hydrogen-bond donors (Lipinski definition) is 3. The molecule has 0 amide bonds. The summed E-state index contributed by atoms with van der Waals surface area (Å²) in [5.41, 5.74) is 13.0. The summed E-state index contributed by atoms with van der Waals surface area (Å²) in [6, 6.07) is 15.5. The van der Waals surface area contributed by atoms with E-state index in [1.54, 1.807) is 0 Å². The van der Waals surface area contributed by atoms with E-state index >= 15 is 0 Å². The van der Waals surface area contributed by atoms with Gasteiger partial charge in [-0.3, -0.25) is 0 Å². The van der Waals surface area contributed by atoms with Crippen molar-refractivity contribution in [1.29, 1.82) is 10.8 Å². The molecule has 1 aliphatic heterocycles. The van der Waals surface area contributed by atoms with Gasteiger partial charge in [0.15, 0.2) is 0 Å². The van der Waals surface area contributed by atoms with E-state index in [-0.39, 0.29) is 5.41 Å². The molecule has 30 heavy (non-hydrogen) atoms. The van der Waals surface area contributed by atoms with Gasteiger partial charge in [0.05, 0.1) is 0 Å². The highest BCUT2D eigenvalue weighted by Gasteiger charge is 2.18. The van der Waals surface area contributed by atoms with Gasteiger partial charge in [0.25, 0.3) is 0 Å². The van der Waals surface area contributed by atoms with Gasteiger partial charge in [0, 0.05) is 36.8 Å². The van der Waals surface area contributed by atoms with E-state index < -0.39 is 0 Å². The van der Waals surface area contributed by atoms with Crippen molar-refractivity contribution in [3.8, 4) is 0 Å². The lowest BCUT2D eigenvalue weighted by molar-refractivity contribution is 0.589. The van der Waals surface area contributed by atoms with Gasteiger partial charge in [-0.05, 0) is 59.4 Å². The maximum Gasteiger partial charge on any atom is 0.0429 e. The van der Waals surface area contributed by atoms with Gasteiger partial charge in [-0.15, -0.1) is 0 Å². The Hall–Kier alpha value is -2.88. The van der Waals surface area contributed by atoms with Gasteiger partial charge in [-0.25, -0.2) is 0 Å².